The zero-order valence-electron chi connectivity index (χ0n) is 13.7. The minimum absolute atomic E-state index is 0.102. The molecule has 2 rings (SSSR count). The molecule has 1 saturated heterocycles. The standard InChI is InChI=1S/C17H23NO6/c1-22-16(20)15-14(23-11-10-19)8-5-9-18(15)17(21)24-12-13-6-3-2-4-7-13/h2-4,6-7,14-15,19H,5,8-12H2,1H3. The number of esters is 1. The van der Waals surface area contributed by atoms with Crippen LogP contribution >= 0.6 is 0 Å². The van der Waals surface area contributed by atoms with Gasteiger partial charge in [0.1, 0.15) is 6.61 Å². The molecule has 7 nitrogen and oxygen atoms in total. The Kier molecular flexibility index (Phi) is 7.02. The zero-order chi connectivity index (χ0) is 17.4. The molecule has 1 amide bonds. The third-order valence-corrected chi connectivity index (χ3v) is 3.88. The molecule has 1 aromatic carbocycles. The minimum Gasteiger partial charge on any atom is -0.467 e. The molecule has 0 radical (unpaired) electrons. The van der Waals surface area contributed by atoms with Crippen molar-refractivity contribution in [2.45, 2.75) is 31.6 Å². The molecule has 1 aliphatic heterocycles. The average molecular weight is 337 g/mol. The molecule has 0 bridgehead atoms. The van der Waals surface area contributed by atoms with Crippen LogP contribution in [0.5, 0.6) is 0 Å². The van der Waals surface area contributed by atoms with Gasteiger partial charge in [-0.15, -0.1) is 0 Å². The number of hydrogen-bond donors (Lipinski definition) is 1. The van der Waals surface area contributed by atoms with E-state index >= 15 is 0 Å². The Morgan fingerprint density at radius 3 is 2.71 bits per heavy atom. The second kappa shape index (κ2) is 9.24. The van der Waals surface area contributed by atoms with Crippen LogP contribution in [0.15, 0.2) is 30.3 Å². The number of hydrogen-bond acceptors (Lipinski definition) is 6. The topological polar surface area (TPSA) is 85.3 Å². The van der Waals surface area contributed by atoms with E-state index in [9.17, 15) is 9.59 Å². The Hall–Kier alpha value is -2.12. The van der Waals surface area contributed by atoms with Crippen LogP contribution in [0.2, 0.25) is 0 Å². The van der Waals surface area contributed by atoms with Gasteiger partial charge < -0.3 is 19.3 Å². The van der Waals surface area contributed by atoms with E-state index in [1.807, 2.05) is 30.3 Å². The highest BCUT2D eigenvalue weighted by molar-refractivity contribution is 5.82. The van der Waals surface area contributed by atoms with Crippen molar-refractivity contribution in [2.24, 2.45) is 0 Å². The first kappa shape index (κ1) is 18.2. The highest BCUT2D eigenvalue weighted by Crippen LogP contribution is 2.23. The third kappa shape index (κ3) is 4.69. The summed E-state index contributed by atoms with van der Waals surface area (Å²) in [6.45, 7) is 0.479. The van der Waals surface area contributed by atoms with Gasteiger partial charge in [-0.2, -0.15) is 0 Å². The van der Waals surface area contributed by atoms with Gasteiger partial charge in [0.15, 0.2) is 6.04 Å². The predicted molar refractivity (Wildman–Crippen MR) is 85.2 cm³/mol. The predicted octanol–water partition coefficient (Wildman–Crippen LogP) is 1.34. The number of ether oxygens (including phenoxy) is 3. The van der Waals surface area contributed by atoms with E-state index in [-0.39, 0.29) is 19.8 Å². The van der Waals surface area contributed by atoms with Crippen LogP contribution in [0.25, 0.3) is 0 Å². The molecule has 24 heavy (non-hydrogen) atoms. The summed E-state index contributed by atoms with van der Waals surface area (Å²) in [4.78, 5) is 25.9. The molecule has 1 heterocycles. The molecule has 1 fully saturated rings. The number of aliphatic hydroxyl groups excluding tert-OH is 1. The van der Waals surface area contributed by atoms with Crippen molar-refractivity contribution < 1.29 is 28.9 Å². The molecule has 1 aliphatic rings. The summed E-state index contributed by atoms with van der Waals surface area (Å²) in [7, 11) is 1.27. The number of piperidine rings is 1. The average Bonchev–Trinajstić information content (AvgIpc) is 2.64. The first-order chi connectivity index (χ1) is 11.7. The first-order valence-electron chi connectivity index (χ1n) is 7.95. The van der Waals surface area contributed by atoms with Crippen molar-refractivity contribution in [3.8, 4) is 0 Å². The maximum absolute atomic E-state index is 12.4. The fraction of sp³-hybridized carbons (Fsp3) is 0.529. The van der Waals surface area contributed by atoms with Crippen molar-refractivity contribution in [1.29, 1.82) is 0 Å². The highest BCUT2D eigenvalue weighted by Gasteiger charge is 2.41. The number of aliphatic hydroxyl groups is 1. The molecule has 2 unspecified atom stereocenters. The van der Waals surface area contributed by atoms with Crippen LogP contribution in [0.4, 0.5) is 4.79 Å². The number of rotatable bonds is 6. The van der Waals surface area contributed by atoms with Gasteiger partial charge in [-0.3, -0.25) is 4.90 Å². The van der Waals surface area contributed by atoms with Crippen molar-refractivity contribution >= 4 is 12.1 Å². The largest absolute Gasteiger partial charge is 0.467 e. The van der Waals surface area contributed by atoms with Crippen molar-refractivity contribution in [3.05, 3.63) is 35.9 Å². The fourth-order valence-corrected chi connectivity index (χ4v) is 2.75. The molecule has 1 aromatic rings. The molecule has 132 valence electrons. The van der Waals surface area contributed by atoms with E-state index in [1.54, 1.807) is 0 Å². The minimum atomic E-state index is -0.862. The summed E-state index contributed by atoms with van der Waals surface area (Å²) in [6.07, 6.45) is 0.209. The maximum Gasteiger partial charge on any atom is 0.410 e. The third-order valence-electron chi connectivity index (χ3n) is 3.88. The number of carbonyl (C=O) groups is 2. The van der Waals surface area contributed by atoms with Gasteiger partial charge in [0.05, 0.1) is 26.4 Å². The summed E-state index contributed by atoms with van der Waals surface area (Å²) < 4.78 is 15.6. The Bertz CT molecular complexity index is 535. The number of amides is 1. The van der Waals surface area contributed by atoms with Crippen molar-refractivity contribution in [3.63, 3.8) is 0 Å². The molecule has 1 N–H and O–H groups in total. The molecule has 0 saturated carbocycles. The van der Waals surface area contributed by atoms with Gasteiger partial charge in [0.25, 0.3) is 0 Å². The van der Waals surface area contributed by atoms with E-state index in [4.69, 9.17) is 19.3 Å². The molecular formula is C17H23NO6. The Morgan fingerprint density at radius 1 is 1.29 bits per heavy atom. The summed E-state index contributed by atoms with van der Waals surface area (Å²) >= 11 is 0. The van der Waals surface area contributed by atoms with Gasteiger partial charge in [-0.25, -0.2) is 9.59 Å². The number of methoxy groups -OCH3 is 1. The van der Waals surface area contributed by atoms with Crippen LogP contribution < -0.4 is 0 Å². The smallest absolute Gasteiger partial charge is 0.410 e. The van der Waals surface area contributed by atoms with Gasteiger partial charge in [-0.1, -0.05) is 30.3 Å². The number of benzene rings is 1. The Labute approximate surface area is 141 Å². The Balaban J connectivity index is 2.03. The lowest BCUT2D eigenvalue weighted by atomic mass is 9.99. The first-order valence-corrected chi connectivity index (χ1v) is 7.95. The molecule has 0 aliphatic carbocycles. The Morgan fingerprint density at radius 2 is 2.04 bits per heavy atom. The zero-order valence-corrected chi connectivity index (χ0v) is 13.7. The fourth-order valence-electron chi connectivity index (χ4n) is 2.75. The molecule has 0 aromatic heterocycles. The van der Waals surface area contributed by atoms with Crippen LogP contribution in [0.1, 0.15) is 18.4 Å². The van der Waals surface area contributed by atoms with E-state index in [2.05, 4.69) is 0 Å². The van der Waals surface area contributed by atoms with E-state index in [0.717, 1.165) is 5.56 Å². The van der Waals surface area contributed by atoms with E-state index in [1.165, 1.54) is 12.0 Å². The van der Waals surface area contributed by atoms with Gasteiger partial charge in [0.2, 0.25) is 0 Å². The van der Waals surface area contributed by atoms with Crippen LogP contribution in [0, 0.1) is 0 Å². The van der Waals surface area contributed by atoms with Gasteiger partial charge in [-0.05, 0) is 18.4 Å². The quantitative estimate of drug-likeness (QED) is 0.789. The van der Waals surface area contributed by atoms with Crippen LogP contribution in [-0.4, -0.2) is 61.1 Å². The molecule has 7 heteroatoms. The number of likely N-dealkylation sites (tertiary alicyclic amines) is 1. The maximum atomic E-state index is 12.4. The highest BCUT2D eigenvalue weighted by atomic mass is 16.6. The SMILES string of the molecule is COC(=O)C1C(OCCO)CCCN1C(=O)OCc1ccccc1. The van der Waals surface area contributed by atoms with Crippen LogP contribution in [-0.2, 0) is 25.6 Å². The summed E-state index contributed by atoms with van der Waals surface area (Å²) in [5.41, 5.74) is 0.866. The van der Waals surface area contributed by atoms with Crippen molar-refractivity contribution in [1.82, 2.24) is 4.90 Å². The van der Waals surface area contributed by atoms with Gasteiger partial charge in [0, 0.05) is 6.54 Å². The monoisotopic (exact) mass is 337 g/mol. The number of nitrogens with zero attached hydrogens (tertiary/aromatic N) is 1. The summed E-state index contributed by atoms with van der Waals surface area (Å²) in [6, 6.07) is 8.45. The van der Waals surface area contributed by atoms with E-state index in [0.29, 0.717) is 19.4 Å². The molecule has 0 spiro atoms. The normalized spacial score (nSPS) is 20.5. The second-order valence-corrected chi connectivity index (χ2v) is 5.48. The lowest BCUT2D eigenvalue weighted by Crippen LogP contribution is -2.56. The second-order valence-electron chi connectivity index (χ2n) is 5.48. The lowest BCUT2D eigenvalue weighted by molar-refractivity contribution is -0.156. The summed E-state index contributed by atoms with van der Waals surface area (Å²) in [5, 5.41) is 8.92. The van der Waals surface area contributed by atoms with Gasteiger partial charge >= 0.3 is 12.1 Å². The van der Waals surface area contributed by atoms with Crippen molar-refractivity contribution in [2.75, 3.05) is 26.9 Å². The summed E-state index contributed by atoms with van der Waals surface area (Å²) in [5.74, 6) is -0.547. The van der Waals surface area contributed by atoms with Crippen LogP contribution in [0.3, 0.4) is 0 Å². The lowest BCUT2D eigenvalue weighted by Gasteiger charge is -2.38. The van der Waals surface area contributed by atoms with E-state index < -0.39 is 24.2 Å². The molecule has 2 atom stereocenters. The number of carbonyl (C=O) groups excluding carboxylic acids is 2. The molecular weight excluding hydrogens is 314 g/mol.